The molecule has 0 aliphatic rings. The van der Waals surface area contributed by atoms with Crippen LogP contribution in [0.4, 0.5) is 0 Å². The predicted molar refractivity (Wildman–Crippen MR) is 66.5 cm³/mol. The Hall–Kier alpha value is -2.47. The van der Waals surface area contributed by atoms with Gasteiger partial charge in [0.25, 0.3) is 0 Å². The Kier molecular flexibility index (Phi) is 4.04. The molecule has 0 fully saturated rings. The maximum absolute atomic E-state index is 10.5. The Morgan fingerprint density at radius 3 is 2.79 bits per heavy atom. The van der Waals surface area contributed by atoms with Gasteiger partial charge in [0.2, 0.25) is 0 Å². The molecule has 0 saturated carbocycles. The Bertz CT molecular complexity index is 586. The molecule has 2 N–H and O–H groups in total. The smallest absolute Gasteiger partial charge is 0.341 e. The lowest BCUT2D eigenvalue weighted by atomic mass is 10.2. The van der Waals surface area contributed by atoms with E-state index in [1.54, 1.807) is 30.3 Å². The zero-order chi connectivity index (χ0) is 13.7. The molecule has 0 aliphatic carbocycles. The number of rotatable bonds is 5. The second kappa shape index (κ2) is 5.92. The van der Waals surface area contributed by atoms with Crippen molar-refractivity contribution in [1.29, 1.82) is 0 Å². The number of hydrogen-bond acceptors (Lipinski definition) is 5. The summed E-state index contributed by atoms with van der Waals surface area (Å²) in [6.07, 6.45) is 1.53. The first-order valence-corrected chi connectivity index (χ1v) is 5.57. The van der Waals surface area contributed by atoms with Crippen LogP contribution in [0.1, 0.15) is 5.69 Å². The Labute approximate surface area is 109 Å². The second-order valence-electron chi connectivity index (χ2n) is 3.71. The molecule has 0 radical (unpaired) electrons. The monoisotopic (exact) mass is 260 g/mol. The molecule has 2 aromatic rings. The van der Waals surface area contributed by atoms with Crippen LogP contribution in [0.3, 0.4) is 0 Å². The van der Waals surface area contributed by atoms with Crippen molar-refractivity contribution < 1.29 is 19.7 Å². The summed E-state index contributed by atoms with van der Waals surface area (Å²) in [5.41, 5.74) is 1.07. The van der Waals surface area contributed by atoms with E-state index in [2.05, 4.69) is 9.97 Å². The van der Waals surface area contributed by atoms with E-state index >= 15 is 0 Å². The Morgan fingerprint density at radius 1 is 1.26 bits per heavy atom. The van der Waals surface area contributed by atoms with Crippen molar-refractivity contribution in [3.63, 3.8) is 0 Å². The van der Waals surface area contributed by atoms with E-state index in [0.29, 0.717) is 22.8 Å². The van der Waals surface area contributed by atoms with Gasteiger partial charge in [0.05, 0.1) is 17.9 Å². The zero-order valence-electron chi connectivity index (χ0n) is 9.98. The summed E-state index contributed by atoms with van der Waals surface area (Å²) in [4.78, 5) is 18.8. The van der Waals surface area contributed by atoms with Gasteiger partial charge in [0.15, 0.2) is 12.4 Å². The molecule has 0 aliphatic heterocycles. The molecular weight excluding hydrogens is 248 g/mol. The summed E-state index contributed by atoms with van der Waals surface area (Å²) >= 11 is 0. The van der Waals surface area contributed by atoms with Crippen LogP contribution in [0.15, 0.2) is 36.5 Å². The largest absolute Gasteiger partial charge is 0.481 e. The van der Waals surface area contributed by atoms with E-state index in [9.17, 15) is 4.79 Å². The second-order valence-corrected chi connectivity index (χ2v) is 3.71. The molecule has 98 valence electrons. The fraction of sp³-hybridized carbons (Fsp3) is 0.154. The number of aliphatic carboxylic acids is 1. The SMILES string of the molecule is O=C(O)COc1ccccc1-c1nccc(CO)n1. The van der Waals surface area contributed by atoms with Crippen molar-refractivity contribution in [3.05, 3.63) is 42.2 Å². The Balaban J connectivity index is 2.35. The van der Waals surface area contributed by atoms with Crippen molar-refractivity contribution in [2.45, 2.75) is 6.61 Å². The minimum absolute atomic E-state index is 0.187. The van der Waals surface area contributed by atoms with E-state index in [4.69, 9.17) is 14.9 Å². The molecule has 0 amide bonds. The molecular formula is C13H12N2O4. The molecule has 1 heterocycles. The summed E-state index contributed by atoms with van der Waals surface area (Å²) in [5, 5.41) is 17.7. The number of benzene rings is 1. The molecule has 2 rings (SSSR count). The third kappa shape index (κ3) is 3.26. The van der Waals surface area contributed by atoms with Crippen molar-refractivity contribution in [2.75, 3.05) is 6.61 Å². The number of carboxylic acid groups (broad SMARTS) is 1. The molecule has 6 heteroatoms. The van der Waals surface area contributed by atoms with Crippen molar-refractivity contribution in [2.24, 2.45) is 0 Å². The number of ether oxygens (including phenoxy) is 1. The van der Waals surface area contributed by atoms with Crippen molar-refractivity contribution in [3.8, 4) is 17.1 Å². The number of aliphatic hydroxyl groups excluding tert-OH is 1. The molecule has 0 unspecified atom stereocenters. The third-order valence-electron chi connectivity index (χ3n) is 2.35. The van der Waals surface area contributed by atoms with Gasteiger partial charge >= 0.3 is 5.97 Å². The van der Waals surface area contributed by atoms with Gasteiger partial charge in [-0.05, 0) is 18.2 Å². The summed E-state index contributed by atoms with van der Waals surface area (Å²) in [6.45, 7) is -0.621. The van der Waals surface area contributed by atoms with E-state index in [0.717, 1.165) is 0 Å². The standard InChI is InChI=1S/C13H12N2O4/c16-7-9-5-6-14-13(15-9)10-3-1-2-4-11(10)19-8-12(17)18/h1-6,16H,7-8H2,(H,17,18). The van der Waals surface area contributed by atoms with Crippen LogP contribution >= 0.6 is 0 Å². The molecule has 1 aromatic carbocycles. The molecule has 1 aromatic heterocycles. The van der Waals surface area contributed by atoms with Gasteiger partial charge in [-0.1, -0.05) is 12.1 Å². The first-order valence-electron chi connectivity index (χ1n) is 5.57. The van der Waals surface area contributed by atoms with E-state index < -0.39 is 12.6 Å². The highest BCUT2D eigenvalue weighted by molar-refractivity contribution is 5.70. The quantitative estimate of drug-likeness (QED) is 0.836. The van der Waals surface area contributed by atoms with Gasteiger partial charge in [-0.2, -0.15) is 0 Å². The van der Waals surface area contributed by atoms with E-state index in [1.165, 1.54) is 6.20 Å². The van der Waals surface area contributed by atoms with Crippen LogP contribution in [-0.2, 0) is 11.4 Å². The van der Waals surface area contributed by atoms with Crippen LogP contribution in [0.5, 0.6) is 5.75 Å². The molecule has 0 spiro atoms. The minimum atomic E-state index is -1.06. The number of hydrogen-bond donors (Lipinski definition) is 2. The highest BCUT2D eigenvalue weighted by Crippen LogP contribution is 2.26. The lowest BCUT2D eigenvalue weighted by molar-refractivity contribution is -0.139. The van der Waals surface area contributed by atoms with Crippen molar-refractivity contribution >= 4 is 5.97 Å². The summed E-state index contributed by atoms with van der Waals surface area (Å²) < 4.78 is 5.18. The van der Waals surface area contributed by atoms with Crippen molar-refractivity contribution in [1.82, 2.24) is 9.97 Å². The highest BCUT2D eigenvalue weighted by atomic mass is 16.5. The third-order valence-corrected chi connectivity index (χ3v) is 2.35. The fourth-order valence-electron chi connectivity index (χ4n) is 1.53. The average Bonchev–Trinajstić information content (AvgIpc) is 2.45. The number of carbonyl (C=O) groups is 1. The molecule has 19 heavy (non-hydrogen) atoms. The van der Waals surface area contributed by atoms with Gasteiger partial charge in [0.1, 0.15) is 5.75 Å². The van der Waals surface area contributed by atoms with Crippen LogP contribution in [-0.4, -0.2) is 32.8 Å². The summed E-state index contributed by atoms with van der Waals surface area (Å²) in [6, 6.07) is 8.49. The fourth-order valence-corrected chi connectivity index (χ4v) is 1.53. The number of carboxylic acids is 1. The van der Waals surface area contributed by atoms with E-state index in [-0.39, 0.29) is 6.61 Å². The minimum Gasteiger partial charge on any atom is -0.481 e. The first-order chi connectivity index (χ1) is 9.20. The lowest BCUT2D eigenvalue weighted by Crippen LogP contribution is -2.10. The maximum Gasteiger partial charge on any atom is 0.341 e. The molecule has 6 nitrogen and oxygen atoms in total. The number of nitrogens with zero attached hydrogens (tertiary/aromatic N) is 2. The predicted octanol–water partition coefficient (Wildman–Crippen LogP) is 1.10. The zero-order valence-corrected chi connectivity index (χ0v) is 9.98. The molecule has 0 atom stereocenters. The number of para-hydroxylation sites is 1. The van der Waals surface area contributed by atoms with Gasteiger partial charge in [0, 0.05) is 6.20 Å². The van der Waals surface area contributed by atoms with Crippen LogP contribution in [0, 0.1) is 0 Å². The first kappa shape index (κ1) is 13.0. The Morgan fingerprint density at radius 2 is 2.05 bits per heavy atom. The lowest BCUT2D eigenvalue weighted by Gasteiger charge is -2.09. The maximum atomic E-state index is 10.5. The molecule has 0 bridgehead atoms. The summed E-state index contributed by atoms with van der Waals surface area (Å²) in [5.74, 6) is -0.285. The normalized spacial score (nSPS) is 10.2. The topological polar surface area (TPSA) is 92.5 Å². The van der Waals surface area contributed by atoms with Gasteiger partial charge in [-0.15, -0.1) is 0 Å². The van der Waals surface area contributed by atoms with Gasteiger partial charge < -0.3 is 14.9 Å². The van der Waals surface area contributed by atoms with Crippen LogP contribution in [0.25, 0.3) is 11.4 Å². The average molecular weight is 260 g/mol. The van der Waals surface area contributed by atoms with E-state index in [1.807, 2.05) is 0 Å². The van der Waals surface area contributed by atoms with Gasteiger partial charge in [-0.25, -0.2) is 14.8 Å². The number of aromatic nitrogens is 2. The van der Waals surface area contributed by atoms with Crippen LogP contribution < -0.4 is 4.74 Å². The van der Waals surface area contributed by atoms with Gasteiger partial charge in [-0.3, -0.25) is 0 Å². The molecule has 0 saturated heterocycles. The number of aliphatic hydroxyl groups is 1. The van der Waals surface area contributed by atoms with Crippen LogP contribution in [0.2, 0.25) is 0 Å². The highest BCUT2D eigenvalue weighted by Gasteiger charge is 2.10. The summed E-state index contributed by atoms with van der Waals surface area (Å²) in [7, 11) is 0.